The molecule has 0 bridgehead atoms. The van der Waals surface area contributed by atoms with Gasteiger partial charge in [0.15, 0.2) is 5.58 Å². The van der Waals surface area contributed by atoms with Gasteiger partial charge in [0.1, 0.15) is 36.4 Å². The van der Waals surface area contributed by atoms with E-state index in [2.05, 4.69) is 80.6 Å². The Hall–Kier alpha value is -5.75. The van der Waals surface area contributed by atoms with Gasteiger partial charge in [-0.25, -0.2) is 24.1 Å². The lowest BCUT2D eigenvalue weighted by molar-refractivity contribution is -0.135. The topological polar surface area (TPSA) is 193 Å². The van der Waals surface area contributed by atoms with Crippen molar-refractivity contribution in [3.63, 3.8) is 0 Å². The fraction of sp³-hybridized carbons (Fsp3) is 0.460. The quantitative estimate of drug-likeness (QED) is 0.0631. The van der Waals surface area contributed by atoms with E-state index in [0.717, 1.165) is 93.9 Å². The minimum atomic E-state index is -2.79. The Morgan fingerprint density at radius 3 is 2.40 bits per heavy atom. The normalized spacial score (nSPS) is 17.6. The second-order valence-electron chi connectivity index (χ2n) is 18.6. The van der Waals surface area contributed by atoms with E-state index in [4.69, 9.17) is 14.1 Å². The van der Waals surface area contributed by atoms with Crippen LogP contribution < -0.4 is 36.6 Å². The largest absolute Gasteiger partial charge is 0.492 e. The zero-order valence-corrected chi connectivity index (χ0v) is 42.8. The minimum absolute atomic E-state index is 0.0960. The summed E-state index contributed by atoms with van der Waals surface area (Å²) >= 11 is 3.62. The maximum atomic E-state index is 14.9. The summed E-state index contributed by atoms with van der Waals surface area (Å²) in [5.41, 5.74) is 5.67. The summed E-state index contributed by atoms with van der Waals surface area (Å²) in [6.45, 7) is 16.6. The van der Waals surface area contributed by atoms with E-state index in [-0.39, 0.29) is 18.4 Å². The van der Waals surface area contributed by atoms with Crippen LogP contribution >= 0.6 is 23.1 Å². The maximum absolute atomic E-state index is 14.9. The third kappa shape index (κ3) is 10.5. The predicted molar refractivity (Wildman–Crippen MR) is 275 cm³/mol. The van der Waals surface area contributed by atoms with E-state index in [1.54, 1.807) is 25.7 Å². The van der Waals surface area contributed by atoms with Crippen molar-refractivity contribution >= 4 is 91.0 Å². The molecular formula is C50H60BrFN11O6P. The zero-order valence-electron chi connectivity index (χ0n) is 40.3. The van der Waals surface area contributed by atoms with Crippen LogP contribution in [0.5, 0.6) is 5.75 Å². The molecule has 370 valence electrons. The molecule has 1 unspecified atom stereocenters. The standard InChI is InChI=1S/C50H60BrFN11O6P/c1-6-30-25-38(57-49-54-29-35(51)47(59-49)56-37-12-11-36-34(46(37)70(4,5)67)28-53-43(7-2)55-36)42(68-8-3)27-40(30)62-18-15-33(16-19-62)61-22-20-60(21-23-61)17-9-10-31-24-32(52)26-41-45(31)69-50(66)63(41)39-13-14-44(64)58-48(39)65/h11-12,24-29,33,39H,6-10,13-23H2,1-5H3,(H,58,64,65)(H2,54,56,57,59). The van der Waals surface area contributed by atoms with Gasteiger partial charge in [-0.1, -0.05) is 13.8 Å². The van der Waals surface area contributed by atoms with Gasteiger partial charge in [-0.3, -0.25) is 24.4 Å². The number of nitrogens with one attached hydrogen (secondary N) is 3. The molecule has 6 aromatic rings. The highest BCUT2D eigenvalue weighted by Gasteiger charge is 2.33. The molecule has 3 N–H and O–H groups in total. The summed E-state index contributed by atoms with van der Waals surface area (Å²) in [6.07, 6.45) is 8.59. The molecule has 70 heavy (non-hydrogen) atoms. The van der Waals surface area contributed by atoms with Crippen LogP contribution in [0.2, 0.25) is 0 Å². The maximum Gasteiger partial charge on any atom is 0.420 e. The summed E-state index contributed by atoms with van der Waals surface area (Å²) in [4.78, 5) is 63.4. The molecular weight excluding hydrogens is 980 g/mol. The SMILES string of the molecule is CCOc1cc(N2CCC(N3CCN(CCCc4cc(F)cc5c4oc(=O)n5C4CCC(=O)NC4=O)CC3)CC2)c(CC)cc1Nc1ncc(Br)c(Nc2ccc3nc(CC)ncc3c2P(C)(C)=O)n1. The average Bonchev–Trinajstić information content (AvgIpc) is 3.67. The number of amides is 2. The lowest BCUT2D eigenvalue weighted by Crippen LogP contribution is -2.53. The van der Waals surface area contributed by atoms with E-state index in [9.17, 15) is 23.3 Å². The second-order valence-corrected chi connectivity index (χ2v) is 22.6. The number of piperidine rings is 2. The number of benzene rings is 3. The Labute approximate surface area is 414 Å². The number of imide groups is 1. The van der Waals surface area contributed by atoms with Crippen LogP contribution in [0.3, 0.4) is 0 Å². The number of halogens is 2. The molecule has 0 spiro atoms. The Balaban J connectivity index is 0.810. The third-order valence-electron chi connectivity index (χ3n) is 13.7. The molecule has 0 radical (unpaired) electrons. The third-order valence-corrected chi connectivity index (χ3v) is 15.8. The first-order valence-corrected chi connectivity index (χ1v) is 27.7. The molecule has 6 heterocycles. The molecule has 17 nitrogen and oxygen atoms in total. The Kier molecular flexibility index (Phi) is 14.7. The van der Waals surface area contributed by atoms with Gasteiger partial charge in [0.05, 0.1) is 33.5 Å². The van der Waals surface area contributed by atoms with Gasteiger partial charge < -0.3 is 34.2 Å². The number of oxazole rings is 1. The van der Waals surface area contributed by atoms with Gasteiger partial charge in [0, 0.05) is 105 Å². The van der Waals surface area contributed by atoms with Gasteiger partial charge in [-0.2, -0.15) is 4.98 Å². The van der Waals surface area contributed by atoms with Crippen molar-refractivity contribution in [1.29, 1.82) is 0 Å². The number of ether oxygens (including phenoxy) is 1. The molecule has 3 fully saturated rings. The first-order chi connectivity index (χ1) is 33.7. The lowest BCUT2D eigenvalue weighted by atomic mass is 9.99. The highest BCUT2D eigenvalue weighted by atomic mass is 79.9. The number of carbonyl (C=O) groups is 2. The number of aryl methyl sites for hydroxylation is 3. The molecule has 9 rings (SSSR count). The van der Waals surface area contributed by atoms with Gasteiger partial charge in [0.2, 0.25) is 17.8 Å². The number of rotatable bonds is 16. The Morgan fingerprint density at radius 1 is 0.900 bits per heavy atom. The first-order valence-electron chi connectivity index (χ1n) is 24.3. The van der Waals surface area contributed by atoms with E-state index in [1.165, 1.54) is 28.0 Å². The average molecular weight is 1040 g/mol. The number of hydrogen-bond donors (Lipinski definition) is 3. The fourth-order valence-corrected chi connectivity index (χ4v) is 12.0. The molecule has 0 aliphatic carbocycles. The van der Waals surface area contributed by atoms with Crippen LogP contribution in [0.1, 0.15) is 75.9 Å². The predicted octanol–water partition coefficient (Wildman–Crippen LogP) is 7.68. The van der Waals surface area contributed by atoms with Crippen LogP contribution in [0.4, 0.5) is 33.2 Å². The number of carbonyl (C=O) groups excluding carboxylic acids is 2. The summed E-state index contributed by atoms with van der Waals surface area (Å²) < 4.78 is 42.3. The van der Waals surface area contributed by atoms with Crippen LogP contribution in [0.15, 0.2) is 62.5 Å². The molecule has 3 aromatic heterocycles. The number of fused-ring (bicyclic) bond motifs is 2. The van der Waals surface area contributed by atoms with Crippen molar-refractivity contribution in [3.05, 3.63) is 86.6 Å². The molecule has 3 aliphatic heterocycles. The Morgan fingerprint density at radius 2 is 1.69 bits per heavy atom. The minimum Gasteiger partial charge on any atom is -0.492 e. The van der Waals surface area contributed by atoms with Crippen LogP contribution in [-0.2, 0) is 33.4 Å². The Bertz CT molecular complexity index is 3050. The molecule has 3 saturated heterocycles. The highest BCUT2D eigenvalue weighted by molar-refractivity contribution is 9.10. The summed E-state index contributed by atoms with van der Waals surface area (Å²) in [6, 6.07) is 10.3. The van der Waals surface area contributed by atoms with E-state index >= 15 is 0 Å². The zero-order chi connectivity index (χ0) is 49.3. The van der Waals surface area contributed by atoms with Crippen molar-refractivity contribution in [2.24, 2.45) is 0 Å². The van der Waals surface area contributed by atoms with Gasteiger partial charge >= 0.3 is 5.76 Å². The highest BCUT2D eigenvalue weighted by Crippen LogP contribution is 2.42. The second kappa shape index (κ2) is 20.9. The summed E-state index contributed by atoms with van der Waals surface area (Å²) in [5.74, 6) is 0.120. The number of hydrogen-bond acceptors (Lipinski definition) is 15. The van der Waals surface area contributed by atoms with Gasteiger partial charge in [-0.15, -0.1) is 0 Å². The lowest BCUT2D eigenvalue weighted by Gasteiger charge is -2.43. The first kappa shape index (κ1) is 49.2. The van der Waals surface area contributed by atoms with E-state index < -0.39 is 36.6 Å². The van der Waals surface area contributed by atoms with Crippen molar-refractivity contribution < 1.29 is 27.7 Å². The summed E-state index contributed by atoms with van der Waals surface area (Å²) in [7, 11) is -2.79. The fourth-order valence-electron chi connectivity index (χ4n) is 10.2. The van der Waals surface area contributed by atoms with Crippen molar-refractivity contribution in [2.45, 2.75) is 84.2 Å². The smallest absolute Gasteiger partial charge is 0.420 e. The number of nitrogens with zero attached hydrogens (tertiary/aromatic N) is 8. The van der Waals surface area contributed by atoms with Crippen LogP contribution in [0, 0.1) is 5.82 Å². The molecule has 20 heteroatoms. The van der Waals surface area contributed by atoms with Crippen molar-refractivity contribution in [3.8, 4) is 5.75 Å². The van der Waals surface area contributed by atoms with E-state index in [1.807, 2.05) is 26.0 Å². The van der Waals surface area contributed by atoms with Crippen LogP contribution in [-0.4, -0.2) is 118 Å². The molecule has 3 aromatic carbocycles. The molecule has 3 aliphatic rings. The van der Waals surface area contributed by atoms with E-state index in [0.29, 0.717) is 69.6 Å². The molecule has 1 atom stereocenters. The number of aromatic nitrogens is 5. The molecule has 0 saturated carbocycles. The van der Waals surface area contributed by atoms with Crippen molar-refractivity contribution in [1.82, 2.24) is 39.6 Å². The number of piperazine rings is 1. The van der Waals surface area contributed by atoms with Crippen molar-refractivity contribution in [2.75, 3.05) is 81.3 Å². The van der Waals surface area contributed by atoms with Gasteiger partial charge in [-0.05, 0) is 111 Å². The van der Waals surface area contributed by atoms with Gasteiger partial charge in [0.25, 0.3) is 0 Å². The monoisotopic (exact) mass is 1040 g/mol. The number of anilines is 5. The van der Waals surface area contributed by atoms with Crippen LogP contribution in [0.25, 0.3) is 22.0 Å². The molecule has 2 amide bonds. The summed E-state index contributed by atoms with van der Waals surface area (Å²) in [5, 5.41) is 10.5.